The lowest BCUT2D eigenvalue weighted by atomic mass is 9.98. The number of β-amino-alcohol motifs (C(OH)–C–C–N with tert-alkyl or cyclic N) is 1. The highest BCUT2D eigenvalue weighted by molar-refractivity contribution is 5.40. The zero-order chi connectivity index (χ0) is 14.8. The Bertz CT molecular complexity index is 431. The zero-order valence-corrected chi connectivity index (χ0v) is 12.8. The molecule has 1 aromatic carbocycles. The van der Waals surface area contributed by atoms with E-state index in [9.17, 15) is 5.11 Å². The molecule has 1 saturated heterocycles. The summed E-state index contributed by atoms with van der Waals surface area (Å²) in [5.41, 5.74) is 0.612. The van der Waals surface area contributed by atoms with Gasteiger partial charge in [0.1, 0.15) is 11.5 Å². The van der Waals surface area contributed by atoms with Gasteiger partial charge in [0.25, 0.3) is 0 Å². The van der Waals surface area contributed by atoms with Crippen LogP contribution in [0.1, 0.15) is 31.7 Å². The molecular formula is C16H25NO3. The predicted molar refractivity (Wildman–Crippen MR) is 79.6 cm³/mol. The summed E-state index contributed by atoms with van der Waals surface area (Å²) < 4.78 is 10.7. The van der Waals surface area contributed by atoms with Gasteiger partial charge in [-0.3, -0.25) is 4.90 Å². The van der Waals surface area contributed by atoms with Gasteiger partial charge in [-0.05, 0) is 50.4 Å². The van der Waals surface area contributed by atoms with Crippen LogP contribution in [0.15, 0.2) is 18.2 Å². The summed E-state index contributed by atoms with van der Waals surface area (Å²) in [7, 11) is 3.35. The Balaban J connectivity index is 2.09. The third kappa shape index (κ3) is 3.87. The highest BCUT2D eigenvalue weighted by Crippen LogP contribution is 2.33. The highest BCUT2D eigenvalue weighted by atomic mass is 16.5. The summed E-state index contributed by atoms with van der Waals surface area (Å²) >= 11 is 0. The summed E-state index contributed by atoms with van der Waals surface area (Å²) in [5, 5.41) is 9.92. The number of hydrogen-bond acceptors (Lipinski definition) is 4. The smallest absolute Gasteiger partial charge is 0.122 e. The van der Waals surface area contributed by atoms with Crippen LogP contribution in [0.2, 0.25) is 0 Å². The molecule has 1 aromatic rings. The number of aliphatic hydroxyl groups is 1. The van der Waals surface area contributed by atoms with E-state index < -0.39 is 5.60 Å². The van der Waals surface area contributed by atoms with Crippen LogP contribution in [-0.2, 0) is 0 Å². The van der Waals surface area contributed by atoms with Crippen LogP contribution in [0.3, 0.4) is 0 Å². The molecule has 0 aromatic heterocycles. The molecule has 1 aliphatic heterocycles. The summed E-state index contributed by atoms with van der Waals surface area (Å²) in [5.74, 6) is 2.14. The van der Waals surface area contributed by atoms with Crippen molar-refractivity contribution in [2.24, 2.45) is 0 Å². The molecule has 0 saturated carbocycles. The molecule has 1 N–H and O–H groups in total. The van der Waals surface area contributed by atoms with Gasteiger partial charge in [0, 0.05) is 19.2 Å². The largest absolute Gasteiger partial charge is 0.497 e. The summed E-state index contributed by atoms with van der Waals surface area (Å²) in [6.45, 7) is 6.42. The average molecular weight is 279 g/mol. The van der Waals surface area contributed by atoms with Crippen molar-refractivity contribution in [1.29, 1.82) is 0 Å². The SMILES string of the molecule is COc1cc(OC)cc(C2CCN(CC(C)(C)O)C2)c1. The maximum atomic E-state index is 9.92. The molecule has 1 atom stereocenters. The summed E-state index contributed by atoms with van der Waals surface area (Å²) in [4.78, 5) is 2.32. The van der Waals surface area contributed by atoms with Gasteiger partial charge >= 0.3 is 0 Å². The van der Waals surface area contributed by atoms with E-state index in [1.54, 1.807) is 14.2 Å². The van der Waals surface area contributed by atoms with Gasteiger partial charge < -0.3 is 14.6 Å². The standard InChI is InChI=1S/C16H25NO3/c1-16(2,18)11-17-6-5-12(10-17)13-7-14(19-3)9-15(8-13)20-4/h7-9,12,18H,5-6,10-11H2,1-4H3. The Hall–Kier alpha value is -1.26. The fourth-order valence-corrected chi connectivity index (χ4v) is 2.86. The van der Waals surface area contributed by atoms with Crippen LogP contribution in [0.25, 0.3) is 0 Å². The number of rotatable bonds is 5. The quantitative estimate of drug-likeness (QED) is 0.898. The summed E-state index contributed by atoms with van der Waals surface area (Å²) in [6.07, 6.45) is 1.10. The Morgan fingerprint density at radius 3 is 2.30 bits per heavy atom. The van der Waals surface area contributed by atoms with E-state index in [1.807, 2.05) is 19.9 Å². The topological polar surface area (TPSA) is 41.9 Å². The number of likely N-dealkylation sites (tertiary alicyclic amines) is 1. The normalized spacial score (nSPS) is 20.1. The second-order valence-electron chi connectivity index (χ2n) is 6.18. The van der Waals surface area contributed by atoms with Gasteiger partial charge in [-0.2, -0.15) is 0 Å². The Kier molecular flexibility index (Phi) is 4.55. The number of ether oxygens (including phenoxy) is 2. The van der Waals surface area contributed by atoms with E-state index in [1.165, 1.54) is 5.56 Å². The molecule has 0 bridgehead atoms. The van der Waals surface area contributed by atoms with Crippen molar-refractivity contribution in [2.45, 2.75) is 31.8 Å². The minimum absolute atomic E-state index is 0.473. The van der Waals surface area contributed by atoms with Crippen molar-refractivity contribution in [1.82, 2.24) is 4.90 Å². The maximum Gasteiger partial charge on any atom is 0.122 e. The van der Waals surface area contributed by atoms with Crippen LogP contribution < -0.4 is 9.47 Å². The van der Waals surface area contributed by atoms with E-state index in [4.69, 9.17) is 9.47 Å². The van der Waals surface area contributed by atoms with Gasteiger partial charge in [-0.15, -0.1) is 0 Å². The van der Waals surface area contributed by atoms with Crippen LogP contribution >= 0.6 is 0 Å². The van der Waals surface area contributed by atoms with E-state index in [-0.39, 0.29) is 0 Å². The molecule has 1 aliphatic rings. The lowest BCUT2D eigenvalue weighted by Crippen LogP contribution is -2.37. The molecule has 4 nitrogen and oxygen atoms in total. The molecule has 1 fully saturated rings. The van der Waals surface area contributed by atoms with E-state index >= 15 is 0 Å². The number of hydrogen-bond donors (Lipinski definition) is 1. The van der Waals surface area contributed by atoms with Crippen LogP contribution in [0, 0.1) is 0 Å². The third-order valence-electron chi connectivity index (χ3n) is 3.73. The van der Waals surface area contributed by atoms with Gasteiger partial charge in [0.2, 0.25) is 0 Å². The molecular weight excluding hydrogens is 254 g/mol. The molecule has 0 amide bonds. The number of methoxy groups -OCH3 is 2. The second-order valence-corrected chi connectivity index (χ2v) is 6.18. The monoisotopic (exact) mass is 279 g/mol. The van der Waals surface area contributed by atoms with E-state index in [0.29, 0.717) is 12.5 Å². The lowest BCUT2D eigenvalue weighted by molar-refractivity contribution is 0.0435. The first-order valence-electron chi connectivity index (χ1n) is 7.09. The van der Waals surface area contributed by atoms with Crippen LogP contribution in [-0.4, -0.2) is 49.5 Å². The average Bonchev–Trinajstić information content (AvgIpc) is 2.84. The minimum atomic E-state index is -0.638. The van der Waals surface area contributed by atoms with Crippen molar-refractivity contribution < 1.29 is 14.6 Å². The predicted octanol–water partition coefficient (Wildman–Crippen LogP) is 2.26. The van der Waals surface area contributed by atoms with Gasteiger partial charge in [0.05, 0.1) is 19.8 Å². The molecule has 0 aliphatic carbocycles. The first-order chi connectivity index (χ1) is 9.41. The van der Waals surface area contributed by atoms with Crippen molar-refractivity contribution in [3.8, 4) is 11.5 Å². The number of nitrogens with zero attached hydrogens (tertiary/aromatic N) is 1. The van der Waals surface area contributed by atoms with Crippen LogP contribution in [0.4, 0.5) is 0 Å². The molecule has 112 valence electrons. The van der Waals surface area contributed by atoms with Crippen LogP contribution in [0.5, 0.6) is 11.5 Å². The highest BCUT2D eigenvalue weighted by Gasteiger charge is 2.28. The van der Waals surface area contributed by atoms with Crippen molar-refractivity contribution >= 4 is 0 Å². The molecule has 20 heavy (non-hydrogen) atoms. The zero-order valence-electron chi connectivity index (χ0n) is 12.8. The number of benzene rings is 1. The van der Waals surface area contributed by atoms with Gasteiger partial charge in [-0.1, -0.05) is 0 Å². The Morgan fingerprint density at radius 1 is 1.20 bits per heavy atom. The first-order valence-corrected chi connectivity index (χ1v) is 7.09. The van der Waals surface area contributed by atoms with E-state index in [0.717, 1.165) is 31.0 Å². The lowest BCUT2D eigenvalue weighted by Gasteiger charge is -2.25. The molecule has 1 heterocycles. The summed E-state index contributed by atoms with van der Waals surface area (Å²) in [6, 6.07) is 6.06. The fourth-order valence-electron chi connectivity index (χ4n) is 2.86. The van der Waals surface area contributed by atoms with Crippen molar-refractivity contribution in [3.05, 3.63) is 23.8 Å². The third-order valence-corrected chi connectivity index (χ3v) is 3.73. The van der Waals surface area contributed by atoms with Crippen molar-refractivity contribution in [2.75, 3.05) is 33.9 Å². The Labute approximate surface area is 121 Å². The molecule has 1 unspecified atom stereocenters. The van der Waals surface area contributed by atoms with Gasteiger partial charge in [0.15, 0.2) is 0 Å². The van der Waals surface area contributed by atoms with Crippen molar-refractivity contribution in [3.63, 3.8) is 0 Å². The first kappa shape index (κ1) is 15.1. The molecule has 4 heteroatoms. The molecule has 2 rings (SSSR count). The Morgan fingerprint density at radius 2 is 1.80 bits per heavy atom. The van der Waals surface area contributed by atoms with E-state index in [2.05, 4.69) is 17.0 Å². The minimum Gasteiger partial charge on any atom is -0.497 e. The second kappa shape index (κ2) is 6.02. The van der Waals surface area contributed by atoms with Gasteiger partial charge in [-0.25, -0.2) is 0 Å². The molecule has 0 spiro atoms. The fraction of sp³-hybridized carbons (Fsp3) is 0.625. The maximum absolute atomic E-state index is 9.92. The molecule has 0 radical (unpaired) electrons.